The molecule has 0 radical (unpaired) electrons. The Morgan fingerprint density at radius 2 is 2.00 bits per heavy atom. The molecule has 0 saturated heterocycles. The van der Waals surface area contributed by atoms with Crippen molar-refractivity contribution in [3.05, 3.63) is 45.8 Å². The average Bonchev–Trinajstić information content (AvgIpc) is 2.99. The normalized spacial score (nSPS) is 15.9. The van der Waals surface area contributed by atoms with Crippen LogP contribution in [0.5, 0.6) is 0 Å². The number of esters is 1. The first-order chi connectivity index (χ1) is 13.0. The van der Waals surface area contributed by atoms with E-state index in [1.165, 1.54) is 16.2 Å². The maximum atomic E-state index is 12.7. The number of hydrogen-bond acceptors (Lipinski definition) is 5. The summed E-state index contributed by atoms with van der Waals surface area (Å²) < 4.78 is 5.26. The van der Waals surface area contributed by atoms with Crippen molar-refractivity contribution in [2.24, 2.45) is 5.92 Å². The van der Waals surface area contributed by atoms with Gasteiger partial charge in [-0.05, 0) is 67.7 Å². The van der Waals surface area contributed by atoms with Crippen molar-refractivity contribution in [1.29, 1.82) is 0 Å². The highest BCUT2D eigenvalue weighted by atomic mass is 32.2. The van der Waals surface area contributed by atoms with Gasteiger partial charge in [0.2, 0.25) is 0 Å². The lowest BCUT2D eigenvalue weighted by Gasteiger charge is -2.18. The monoisotopic (exact) mass is 403 g/mol. The number of anilines is 1. The van der Waals surface area contributed by atoms with Gasteiger partial charge in [-0.3, -0.25) is 4.79 Å². The van der Waals surface area contributed by atoms with E-state index in [1.54, 1.807) is 18.7 Å². The van der Waals surface area contributed by atoms with E-state index < -0.39 is 0 Å². The first kappa shape index (κ1) is 20.0. The molecule has 1 atom stereocenters. The lowest BCUT2D eigenvalue weighted by molar-refractivity contribution is 0.0526. The zero-order valence-electron chi connectivity index (χ0n) is 16.0. The van der Waals surface area contributed by atoms with Gasteiger partial charge in [0.25, 0.3) is 5.91 Å². The minimum Gasteiger partial charge on any atom is -0.462 e. The zero-order valence-corrected chi connectivity index (χ0v) is 17.6. The largest absolute Gasteiger partial charge is 0.462 e. The molecule has 144 valence electrons. The number of amides is 1. The molecule has 6 heteroatoms. The van der Waals surface area contributed by atoms with E-state index in [0.717, 1.165) is 35.5 Å². The molecule has 1 aromatic carbocycles. The van der Waals surface area contributed by atoms with Gasteiger partial charge in [0.1, 0.15) is 5.00 Å². The summed E-state index contributed by atoms with van der Waals surface area (Å²) in [7, 11) is 0. The molecule has 4 nitrogen and oxygen atoms in total. The van der Waals surface area contributed by atoms with Gasteiger partial charge in [-0.2, -0.15) is 0 Å². The predicted molar refractivity (Wildman–Crippen MR) is 112 cm³/mol. The van der Waals surface area contributed by atoms with Gasteiger partial charge < -0.3 is 10.1 Å². The summed E-state index contributed by atoms with van der Waals surface area (Å²) in [6, 6.07) is 7.56. The van der Waals surface area contributed by atoms with E-state index in [9.17, 15) is 9.59 Å². The molecule has 1 unspecified atom stereocenters. The summed E-state index contributed by atoms with van der Waals surface area (Å²) >= 11 is 3.26. The lowest BCUT2D eigenvalue weighted by Crippen LogP contribution is -2.16. The summed E-state index contributed by atoms with van der Waals surface area (Å²) in [4.78, 5) is 27.6. The number of thiophene rings is 1. The third kappa shape index (κ3) is 4.55. The standard InChI is InChI=1S/C21H25NO3S2/c1-4-25-21(24)18-16-11-6-13(3)12-17(16)27-20(18)22-19(23)14-7-9-15(10-8-14)26-5-2/h7-10,13H,4-6,11-12H2,1-3H3,(H,22,23). The fraction of sp³-hybridized carbons (Fsp3) is 0.429. The first-order valence-corrected chi connectivity index (χ1v) is 11.2. The second kappa shape index (κ2) is 8.93. The Morgan fingerprint density at radius 3 is 2.67 bits per heavy atom. The zero-order chi connectivity index (χ0) is 19.4. The van der Waals surface area contributed by atoms with Gasteiger partial charge in [-0.1, -0.05) is 13.8 Å². The molecule has 3 rings (SSSR count). The second-order valence-electron chi connectivity index (χ2n) is 6.69. The van der Waals surface area contributed by atoms with Crippen LogP contribution < -0.4 is 5.32 Å². The van der Waals surface area contributed by atoms with Crippen LogP contribution >= 0.6 is 23.1 Å². The van der Waals surface area contributed by atoms with Crippen molar-refractivity contribution in [2.45, 2.75) is 44.9 Å². The molecule has 1 amide bonds. The molecule has 27 heavy (non-hydrogen) atoms. The van der Waals surface area contributed by atoms with Crippen LogP contribution in [0.15, 0.2) is 29.2 Å². The Hall–Kier alpha value is -1.79. The van der Waals surface area contributed by atoms with Gasteiger partial charge in [-0.25, -0.2) is 4.79 Å². The number of carbonyl (C=O) groups excluding carboxylic acids is 2. The van der Waals surface area contributed by atoms with Crippen LogP contribution in [0.3, 0.4) is 0 Å². The van der Waals surface area contributed by atoms with Gasteiger partial charge in [-0.15, -0.1) is 23.1 Å². The van der Waals surface area contributed by atoms with Crippen molar-refractivity contribution < 1.29 is 14.3 Å². The number of ether oxygens (including phenoxy) is 1. The molecule has 0 fully saturated rings. The van der Waals surface area contributed by atoms with Crippen LogP contribution in [-0.2, 0) is 17.6 Å². The van der Waals surface area contributed by atoms with Crippen molar-refractivity contribution in [1.82, 2.24) is 0 Å². The van der Waals surface area contributed by atoms with Crippen molar-refractivity contribution >= 4 is 40.0 Å². The number of hydrogen-bond donors (Lipinski definition) is 1. The second-order valence-corrected chi connectivity index (χ2v) is 9.13. The number of thioether (sulfide) groups is 1. The minimum absolute atomic E-state index is 0.194. The van der Waals surface area contributed by atoms with Crippen LogP contribution in [-0.4, -0.2) is 24.2 Å². The Bertz CT molecular complexity index is 827. The highest BCUT2D eigenvalue weighted by molar-refractivity contribution is 7.99. The fourth-order valence-electron chi connectivity index (χ4n) is 3.30. The average molecular weight is 404 g/mol. The van der Waals surface area contributed by atoms with E-state index >= 15 is 0 Å². The van der Waals surface area contributed by atoms with E-state index in [0.29, 0.717) is 28.7 Å². The molecule has 1 aliphatic rings. The fourth-order valence-corrected chi connectivity index (χ4v) is 5.36. The molecule has 1 aromatic heterocycles. The van der Waals surface area contributed by atoms with Crippen LogP contribution in [0.1, 0.15) is 58.3 Å². The maximum Gasteiger partial charge on any atom is 0.341 e. The molecule has 0 spiro atoms. The maximum absolute atomic E-state index is 12.7. The SMILES string of the molecule is CCOC(=O)c1c(NC(=O)c2ccc(SCC)cc2)sc2c1CCC(C)C2. The molecule has 1 heterocycles. The summed E-state index contributed by atoms with van der Waals surface area (Å²) in [6.07, 6.45) is 2.87. The van der Waals surface area contributed by atoms with Crippen LogP contribution in [0.25, 0.3) is 0 Å². The summed E-state index contributed by atoms with van der Waals surface area (Å²) in [5.41, 5.74) is 2.20. The lowest BCUT2D eigenvalue weighted by atomic mass is 9.88. The van der Waals surface area contributed by atoms with Gasteiger partial charge in [0, 0.05) is 15.3 Å². The third-order valence-electron chi connectivity index (χ3n) is 4.65. The quantitative estimate of drug-likeness (QED) is 0.517. The Morgan fingerprint density at radius 1 is 1.26 bits per heavy atom. The summed E-state index contributed by atoms with van der Waals surface area (Å²) in [5.74, 6) is 1.06. The first-order valence-electron chi connectivity index (χ1n) is 9.39. The van der Waals surface area contributed by atoms with Gasteiger partial charge in [0.05, 0.1) is 12.2 Å². The van der Waals surface area contributed by atoms with E-state index in [1.807, 2.05) is 24.3 Å². The smallest absolute Gasteiger partial charge is 0.341 e. The summed E-state index contributed by atoms with van der Waals surface area (Å²) in [6.45, 7) is 6.44. The number of benzene rings is 1. The van der Waals surface area contributed by atoms with Crippen molar-refractivity contribution in [3.8, 4) is 0 Å². The highest BCUT2D eigenvalue weighted by Gasteiger charge is 2.29. The molecule has 0 saturated carbocycles. The molecular formula is C21H25NO3S2. The highest BCUT2D eigenvalue weighted by Crippen LogP contribution is 2.40. The minimum atomic E-state index is -0.338. The number of nitrogens with one attached hydrogen (secondary N) is 1. The molecule has 2 aromatic rings. The van der Waals surface area contributed by atoms with E-state index in [-0.39, 0.29) is 11.9 Å². The Labute approximate surface area is 168 Å². The van der Waals surface area contributed by atoms with Crippen molar-refractivity contribution in [3.63, 3.8) is 0 Å². The molecule has 1 N–H and O–H groups in total. The topological polar surface area (TPSA) is 55.4 Å². The summed E-state index contributed by atoms with van der Waals surface area (Å²) in [5, 5.41) is 3.58. The van der Waals surface area contributed by atoms with Gasteiger partial charge >= 0.3 is 5.97 Å². The van der Waals surface area contributed by atoms with E-state index in [2.05, 4.69) is 19.2 Å². The predicted octanol–water partition coefficient (Wildman–Crippen LogP) is 5.41. The van der Waals surface area contributed by atoms with Crippen molar-refractivity contribution in [2.75, 3.05) is 17.7 Å². The number of carbonyl (C=O) groups is 2. The molecule has 0 bridgehead atoms. The number of fused-ring (bicyclic) bond motifs is 1. The Balaban J connectivity index is 1.86. The van der Waals surface area contributed by atoms with Crippen LogP contribution in [0.4, 0.5) is 5.00 Å². The van der Waals surface area contributed by atoms with E-state index in [4.69, 9.17) is 4.74 Å². The molecular weight excluding hydrogens is 378 g/mol. The Kier molecular flexibility index (Phi) is 6.60. The molecule has 1 aliphatic carbocycles. The van der Waals surface area contributed by atoms with Crippen LogP contribution in [0, 0.1) is 5.92 Å². The third-order valence-corrected chi connectivity index (χ3v) is 6.71. The number of rotatable bonds is 6. The van der Waals surface area contributed by atoms with Crippen LogP contribution in [0.2, 0.25) is 0 Å². The van der Waals surface area contributed by atoms with Gasteiger partial charge in [0.15, 0.2) is 0 Å². The molecule has 0 aliphatic heterocycles.